The van der Waals surface area contributed by atoms with E-state index in [1.807, 2.05) is 0 Å². The molecule has 0 aliphatic heterocycles. The second-order valence-electron chi connectivity index (χ2n) is 5.71. The van der Waals surface area contributed by atoms with Gasteiger partial charge in [0, 0.05) is 5.69 Å². The first-order valence-electron chi connectivity index (χ1n) is 8.01. The molecule has 0 radical (unpaired) electrons. The molecule has 12 heteroatoms. The molecule has 0 fully saturated rings. The van der Waals surface area contributed by atoms with E-state index in [0.717, 1.165) is 10.9 Å². The molecule has 0 spiro atoms. The predicted molar refractivity (Wildman–Crippen MR) is 104 cm³/mol. The number of rotatable bonds is 5. The summed E-state index contributed by atoms with van der Waals surface area (Å²) in [5.74, 6) is -0.757. The summed E-state index contributed by atoms with van der Waals surface area (Å²) in [4.78, 5) is 25.1. The fourth-order valence-corrected chi connectivity index (χ4v) is 3.12. The highest BCUT2D eigenvalue weighted by Crippen LogP contribution is 2.40. The molecule has 10 nitrogen and oxygen atoms in total. The Labute approximate surface area is 171 Å². The molecule has 0 unspecified atom stereocenters. The third-order valence-electron chi connectivity index (χ3n) is 3.82. The number of anilines is 1. The summed E-state index contributed by atoms with van der Waals surface area (Å²) in [7, 11) is 1.51. The van der Waals surface area contributed by atoms with E-state index in [2.05, 4.69) is 30.2 Å². The van der Waals surface area contributed by atoms with Gasteiger partial charge in [0.1, 0.15) is 5.75 Å². The maximum absolute atomic E-state index is 12.0. The number of benzene rings is 2. The van der Waals surface area contributed by atoms with Crippen LogP contribution in [0.15, 0.2) is 39.6 Å². The SMILES string of the molecule is COc1n[nH]c2ccc(Oc3c(Cl)cc(NC(=O)c4noc(=O)[nH]4)cc3Cl)cc12. The highest BCUT2D eigenvalue weighted by Gasteiger charge is 2.16. The van der Waals surface area contributed by atoms with Crippen LogP contribution in [0.1, 0.15) is 10.6 Å². The average molecular weight is 436 g/mol. The summed E-state index contributed by atoms with van der Waals surface area (Å²) < 4.78 is 15.3. The number of aromatic nitrogens is 4. The lowest BCUT2D eigenvalue weighted by molar-refractivity contribution is 0.101. The molecule has 4 aromatic rings. The van der Waals surface area contributed by atoms with Gasteiger partial charge in [0.15, 0.2) is 5.75 Å². The molecule has 2 aromatic heterocycles. The molecule has 29 heavy (non-hydrogen) atoms. The summed E-state index contributed by atoms with van der Waals surface area (Å²) in [5.41, 5.74) is 1.04. The number of nitrogens with zero attached hydrogens (tertiary/aromatic N) is 2. The fraction of sp³-hybridized carbons (Fsp3) is 0.0588. The van der Waals surface area contributed by atoms with Crippen molar-refractivity contribution in [2.24, 2.45) is 0 Å². The molecular formula is C17H11Cl2N5O5. The van der Waals surface area contributed by atoms with E-state index in [-0.39, 0.29) is 27.3 Å². The second-order valence-corrected chi connectivity index (χ2v) is 6.52. The summed E-state index contributed by atoms with van der Waals surface area (Å²) in [6, 6.07) is 8.09. The van der Waals surface area contributed by atoms with E-state index in [0.29, 0.717) is 11.6 Å². The lowest BCUT2D eigenvalue weighted by Crippen LogP contribution is -2.14. The number of fused-ring (bicyclic) bond motifs is 1. The number of carbonyl (C=O) groups excluding carboxylic acids is 1. The van der Waals surface area contributed by atoms with Crippen LogP contribution >= 0.6 is 23.2 Å². The van der Waals surface area contributed by atoms with Crippen LogP contribution < -0.4 is 20.5 Å². The minimum absolute atomic E-state index is 0.153. The second kappa shape index (κ2) is 7.49. The van der Waals surface area contributed by atoms with Gasteiger partial charge in [0.05, 0.1) is 28.1 Å². The molecule has 0 saturated carbocycles. The first-order chi connectivity index (χ1) is 13.9. The number of halogens is 2. The lowest BCUT2D eigenvalue weighted by Gasteiger charge is -2.12. The van der Waals surface area contributed by atoms with Gasteiger partial charge < -0.3 is 14.8 Å². The molecule has 0 bridgehead atoms. The Morgan fingerprint density at radius 2 is 1.97 bits per heavy atom. The van der Waals surface area contributed by atoms with E-state index in [1.165, 1.54) is 19.2 Å². The Morgan fingerprint density at radius 3 is 2.62 bits per heavy atom. The molecule has 148 valence electrons. The highest BCUT2D eigenvalue weighted by atomic mass is 35.5. The quantitative estimate of drug-likeness (QED) is 0.435. The van der Waals surface area contributed by atoms with E-state index < -0.39 is 11.7 Å². The van der Waals surface area contributed by atoms with E-state index in [4.69, 9.17) is 32.7 Å². The zero-order chi connectivity index (χ0) is 20.5. The number of amides is 1. The van der Waals surface area contributed by atoms with Crippen molar-refractivity contribution in [1.29, 1.82) is 0 Å². The number of hydrogen-bond donors (Lipinski definition) is 3. The van der Waals surface area contributed by atoms with Crippen molar-refractivity contribution in [3.8, 4) is 17.4 Å². The predicted octanol–water partition coefficient (Wildman–Crippen LogP) is 3.60. The minimum atomic E-state index is -0.846. The summed E-state index contributed by atoms with van der Waals surface area (Å²) in [5, 5.41) is 13.7. The van der Waals surface area contributed by atoms with Gasteiger partial charge in [-0.25, -0.2) is 4.79 Å². The Morgan fingerprint density at radius 1 is 1.21 bits per heavy atom. The van der Waals surface area contributed by atoms with Crippen LogP contribution in [0.5, 0.6) is 17.4 Å². The Kier molecular flexibility index (Phi) is 4.87. The van der Waals surface area contributed by atoms with Crippen molar-refractivity contribution in [3.05, 3.63) is 56.8 Å². The van der Waals surface area contributed by atoms with Gasteiger partial charge in [-0.3, -0.25) is 19.4 Å². The van der Waals surface area contributed by atoms with Crippen LogP contribution in [-0.2, 0) is 0 Å². The third kappa shape index (κ3) is 3.75. The molecule has 1 amide bonds. The average Bonchev–Trinajstić information content (AvgIpc) is 3.30. The standard InChI is InChI=1S/C17H11Cl2N5O5/c1-27-16-9-6-8(2-3-12(9)22-23-16)28-13-10(18)4-7(5-11(13)19)20-15(25)14-21-17(26)29-24-14/h2-6H,1H3,(H,20,25)(H,22,23)(H,21,24,26). The van der Waals surface area contributed by atoms with Gasteiger partial charge in [-0.05, 0) is 35.5 Å². The first-order valence-corrected chi connectivity index (χ1v) is 8.76. The van der Waals surface area contributed by atoms with Gasteiger partial charge in [0.2, 0.25) is 11.7 Å². The number of ether oxygens (including phenoxy) is 2. The minimum Gasteiger partial charge on any atom is -0.480 e. The number of H-pyrrole nitrogens is 2. The van der Waals surface area contributed by atoms with Crippen molar-refractivity contribution in [2.45, 2.75) is 0 Å². The third-order valence-corrected chi connectivity index (χ3v) is 4.39. The maximum atomic E-state index is 12.0. The van der Waals surface area contributed by atoms with E-state index >= 15 is 0 Å². The zero-order valence-corrected chi connectivity index (χ0v) is 16.1. The highest BCUT2D eigenvalue weighted by molar-refractivity contribution is 6.37. The topological polar surface area (TPSA) is 135 Å². The van der Waals surface area contributed by atoms with Crippen LogP contribution in [0, 0.1) is 0 Å². The molecule has 0 atom stereocenters. The van der Waals surface area contributed by atoms with Crippen LogP contribution in [0.25, 0.3) is 10.9 Å². The van der Waals surface area contributed by atoms with Crippen molar-refractivity contribution >= 4 is 45.7 Å². The smallest absolute Gasteiger partial charge is 0.439 e. The van der Waals surface area contributed by atoms with Gasteiger partial charge in [-0.2, -0.15) is 0 Å². The largest absolute Gasteiger partial charge is 0.480 e. The van der Waals surface area contributed by atoms with Gasteiger partial charge in [-0.15, -0.1) is 5.10 Å². The van der Waals surface area contributed by atoms with Crippen LogP contribution in [0.3, 0.4) is 0 Å². The molecule has 4 rings (SSSR count). The summed E-state index contributed by atoms with van der Waals surface area (Å²) >= 11 is 12.6. The Balaban J connectivity index is 1.59. The summed E-state index contributed by atoms with van der Waals surface area (Å²) in [6.07, 6.45) is 0. The zero-order valence-electron chi connectivity index (χ0n) is 14.6. The number of aromatic amines is 2. The van der Waals surface area contributed by atoms with Gasteiger partial charge in [-0.1, -0.05) is 23.2 Å². The Hall–Kier alpha value is -3.50. The first kappa shape index (κ1) is 18.8. The molecule has 3 N–H and O–H groups in total. The summed E-state index contributed by atoms with van der Waals surface area (Å²) in [6.45, 7) is 0. The van der Waals surface area contributed by atoms with Gasteiger partial charge >= 0.3 is 5.76 Å². The fourth-order valence-electron chi connectivity index (χ4n) is 2.55. The molecule has 0 aliphatic carbocycles. The normalized spacial score (nSPS) is 10.9. The van der Waals surface area contributed by atoms with E-state index in [9.17, 15) is 9.59 Å². The van der Waals surface area contributed by atoms with Crippen molar-refractivity contribution in [3.63, 3.8) is 0 Å². The Bertz CT molecular complexity index is 1260. The van der Waals surface area contributed by atoms with Crippen molar-refractivity contribution < 1.29 is 18.8 Å². The van der Waals surface area contributed by atoms with E-state index in [1.54, 1.807) is 18.2 Å². The lowest BCUT2D eigenvalue weighted by atomic mass is 10.2. The van der Waals surface area contributed by atoms with Crippen LogP contribution in [0.4, 0.5) is 5.69 Å². The molecule has 2 aromatic carbocycles. The van der Waals surface area contributed by atoms with Gasteiger partial charge in [0.25, 0.3) is 5.91 Å². The number of hydrogen-bond acceptors (Lipinski definition) is 7. The van der Waals surface area contributed by atoms with Crippen LogP contribution in [0.2, 0.25) is 10.0 Å². The monoisotopic (exact) mass is 435 g/mol. The van der Waals surface area contributed by atoms with Crippen molar-refractivity contribution in [2.75, 3.05) is 12.4 Å². The molecule has 2 heterocycles. The van der Waals surface area contributed by atoms with Crippen LogP contribution in [-0.4, -0.2) is 33.4 Å². The molecule has 0 saturated heterocycles. The number of carbonyl (C=O) groups is 1. The maximum Gasteiger partial charge on any atom is 0.439 e. The number of nitrogens with one attached hydrogen (secondary N) is 3. The molecular weight excluding hydrogens is 425 g/mol. The van der Waals surface area contributed by atoms with Crippen molar-refractivity contribution in [1.82, 2.24) is 20.3 Å². The molecule has 0 aliphatic rings. The number of methoxy groups -OCH3 is 1.